The molecule has 0 saturated carbocycles. The number of benzene rings is 1. The predicted molar refractivity (Wildman–Crippen MR) is 107 cm³/mol. The van der Waals surface area contributed by atoms with Crippen LogP contribution >= 0.6 is 40.7 Å². The number of ether oxygens (including phenoxy) is 1. The lowest BCUT2D eigenvalue weighted by molar-refractivity contribution is -0.275. The van der Waals surface area contributed by atoms with Gasteiger partial charge in [0.05, 0.1) is 0 Å². The number of piperazine rings is 1. The van der Waals surface area contributed by atoms with Crippen molar-refractivity contribution in [2.75, 3.05) is 26.2 Å². The summed E-state index contributed by atoms with van der Waals surface area (Å²) in [5.74, 6) is -0.0919. The van der Waals surface area contributed by atoms with E-state index < -0.39 is 6.36 Å². The van der Waals surface area contributed by atoms with Gasteiger partial charge in [0.2, 0.25) is 0 Å². The zero-order chi connectivity index (χ0) is 17.6. The van der Waals surface area contributed by atoms with Crippen molar-refractivity contribution in [1.82, 2.24) is 10.2 Å². The van der Waals surface area contributed by atoms with Gasteiger partial charge in [0, 0.05) is 42.3 Å². The van der Waals surface area contributed by atoms with Gasteiger partial charge in [0.25, 0.3) is 0 Å². The molecule has 0 bridgehead atoms. The van der Waals surface area contributed by atoms with Gasteiger partial charge < -0.3 is 10.1 Å². The molecule has 1 N–H and O–H groups in total. The molecule has 0 amide bonds. The second-order valence-corrected chi connectivity index (χ2v) is 6.94. The SMILES string of the molecule is CCCCC[C@H](c1cc(Br)ccc1OC(F)(F)F)N1CCNCC1.Cl.Cl. The Balaban J connectivity index is 0.00000312. The Kier molecular flexibility index (Phi) is 12.2. The normalized spacial score (nSPS) is 16.3. The summed E-state index contributed by atoms with van der Waals surface area (Å²) in [6.45, 7) is 5.49. The molecule has 1 aliphatic heterocycles. The second-order valence-electron chi connectivity index (χ2n) is 6.03. The maximum absolute atomic E-state index is 12.8. The molecule has 1 heterocycles. The van der Waals surface area contributed by atoms with Crippen molar-refractivity contribution in [2.24, 2.45) is 0 Å². The number of unbranched alkanes of at least 4 members (excludes halogenated alkanes) is 2. The summed E-state index contributed by atoms with van der Waals surface area (Å²) in [7, 11) is 0. The van der Waals surface area contributed by atoms with E-state index >= 15 is 0 Å². The molecule has 0 aromatic heterocycles. The summed E-state index contributed by atoms with van der Waals surface area (Å²) in [5.41, 5.74) is 0.611. The monoisotopic (exact) mass is 480 g/mol. The molecule has 9 heteroatoms. The van der Waals surface area contributed by atoms with Gasteiger partial charge in [-0.25, -0.2) is 0 Å². The lowest BCUT2D eigenvalue weighted by Crippen LogP contribution is -2.45. The molecule has 2 rings (SSSR count). The zero-order valence-electron chi connectivity index (χ0n) is 14.7. The third kappa shape index (κ3) is 8.21. The summed E-state index contributed by atoms with van der Waals surface area (Å²) in [6.07, 6.45) is -0.702. The second kappa shape index (κ2) is 12.3. The Labute approximate surface area is 174 Å². The highest BCUT2D eigenvalue weighted by Crippen LogP contribution is 2.37. The summed E-state index contributed by atoms with van der Waals surface area (Å²) >= 11 is 3.38. The maximum Gasteiger partial charge on any atom is 0.573 e. The van der Waals surface area contributed by atoms with Gasteiger partial charge in [-0.15, -0.1) is 38.0 Å². The van der Waals surface area contributed by atoms with E-state index in [0.29, 0.717) is 5.56 Å². The minimum Gasteiger partial charge on any atom is -0.405 e. The fourth-order valence-electron chi connectivity index (χ4n) is 3.11. The first-order chi connectivity index (χ1) is 11.4. The van der Waals surface area contributed by atoms with Crippen LogP contribution in [0, 0.1) is 0 Å². The molecule has 0 spiro atoms. The molecule has 1 saturated heterocycles. The van der Waals surface area contributed by atoms with Crippen LogP contribution in [-0.4, -0.2) is 37.4 Å². The maximum atomic E-state index is 12.8. The van der Waals surface area contributed by atoms with Crippen molar-refractivity contribution in [2.45, 2.75) is 45.0 Å². The average Bonchev–Trinajstić information content (AvgIpc) is 2.53. The molecule has 0 unspecified atom stereocenters. The summed E-state index contributed by atoms with van der Waals surface area (Å²) in [6, 6.07) is 4.70. The van der Waals surface area contributed by atoms with Crippen molar-refractivity contribution in [1.29, 1.82) is 0 Å². The average molecular weight is 482 g/mol. The number of hydrogen-bond acceptors (Lipinski definition) is 3. The van der Waals surface area contributed by atoms with E-state index in [-0.39, 0.29) is 36.6 Å². The smallest absolute Gasteiger partial charge is 0.405 e. The quantitative estimate of drug-likeness (QED) is 0.504. The van der Waals surface area contributed by atoms with E-state index in [1.165, 1.54) is 6.07 Å². The van der Waals surface area contributed by atoms with Crippen LogP contribution in [-0.2, 0) is 0 Å². The van der Waals surface area contributed by atoms with Crippen LogP contribution in [0.3, 0.4) is 0 Å². The molecule has 1 aromatic carbocycles. The van der Waals surface area contributed by atoms with Crippen LogP contribution in [0.2, 0.25) is 0 Å². The predicted octanol–water partition coefficient (Wildman–Crippen LogP) is 5.72. The van der Waals surface area contributed by atoms with Crippen LogP contribution in [0.1, 0.15) is 44.2 Å². The minimum absolute atomic E-state index is 0. The molecule has 152 valence electrons. The Morgan fingerprint density at radius 3 is 2.42 bits per heavy atom. The van der Waals surface area contributed by atoms with Gasteiger partial charge in [0.1, 0.15) is 5.75 Å². The fraction of sp³-hybridized carbons (Fsp3) is 0.647. The van der Waals surface area contributed by atoms with E-state index in [1.54, 1.807) is 12.1 Å². The van der Waals surface area contributed by atoms with Crippen molar-refractivity contribution in [3.05, 3.63) is 28.2 Å². The highest BCUT2D eigenvalue weighted by Gasteiger charge is 2.34. The van der Waals surface area contributed by atoms with Gasteiger partial charge in [-0.1, -0.05) is 42.1 Å². The van der Waals surface area contributed by atoms with Crippen molar-refractivity contribution in [3.63, 3.8) is 0 Å². The lowest BCUT2D eigenvalue weighted by Gasteiger charge is -2.36. The molecule has 1 aromatic rings. The van der Waals surface area contributed by atoms with E-state index in [4.69, 9.17) is 0 Å². The topological polar surface area (TPSA) is 24.5 Å². The molecular formula is C17H26BrCl2F3N2O. The molecule has 1 fully saturated rings. The largest absolute Gasteiger partial charge is 0.573 e. The number of alkyl halides is 3. The van der Waals surface area contributed by atoms with Crippen molar-refractivity contribution >= 4 is 40.7 Å². The highest BCUT2D eigenvalue weighted by molar-refractivity contribution is 9.10. The van der Waals surface area contributed by atoms with E-state index in [1.807, 2.05) is 0 Å². The molecule has 0 radical (unpaired) electrons. The number of nitrogens with one attached hydrogen (secondary N) is 1. The van der Waals surface area contributed by atoms with Gasteiger partial charge in [-0.3, -0.25) is 4.90 Å². The lowest BCUT2D eigenvalue weighted by atomic mass is 9.97. The third-order valence-corrected chi connectivity index (χ3v) is 4.72. The van der Waals surface area contributed by atoms with E-state index in [9.17, 15) is 13.2 Å². The van der Waals surface area contributed by atoms with E-state index in [0.717, 1.165) is 56.3 Å². The fourth-order valence-corrected chi connectivity index (χ4v) is 3.49. The number of rotatable bonds is 7. The Morgan fingerprint density at radius 2 is 1.85 bits per heavy atom. The minimum atomic E-state index is -4.68. The number of hydrogen-bond donors (Lipinski definition) is 1. The molecule has 3 nitrogen and oxygen atoms in total. The van der Waals surface area contributed by atoms with Gasteiger partial charge >= 0.3 is 6.36 Å². The van der Waals surface area contributed by atoms with Gasteiger partial charge in [-0.05, 0) is 24.6 Å². The molecule has 1 atom stereocenters. The van der Waals surface area contributed by atoms with Crippen molar-refractivity contribution < 1.29 is 17.9 Å². The first-order valence-corrected chi connectivity index (χ1v) is 9.20. The van der Waals surface area contributed by atoms with Crippen LogP contribution < -0.4 is 10.1 Å². The number of nitrogens with zero attached hydrogens (tertiary/aromatic N) is 1. The summed E-state index contributed by atoms with van der Waals surface area (Å²) in [5, 5.41) is 3.29. The van der Waals surface area contributed by atoms with Gasteiger partial charge in [0.15, 0.2) is 0 Å². The zero-order valence-corrected chi connectivity index (χ0v) is 17.9. The van der Waals surface area contributed by atoms with Gasteiger partial charge in [-0.2, -0.15) is 0 Å². The van der Waals surface area contributed by atoms with E-state index in [2.05, 4.69) is 37.8 Å². The standard InChI is InChI=1S/C17H24BrF3N2O.2ClH/c1-2-3-4-5-15(23-10-8-22-9-11-23)14-12-13(18)6-7-16(14)24-17(19,20)21;;/h6-7,12,15,22H,2-5,8-11H2,1H3;2*1H/t15-;;/m1../s1. The van der Waals surface area contributed by atoms with Crippen LogP contribution in [0.5, 0.6) is 5.75 Å². The summed E-state index contributed by atoms with van der Waals surface area (Å²) < 4.78 is 43.4. The van der Waals surface area contributed by atoms with Crippen molar-refractivity contribution in [3.8, 4) is 5.75 Å². The third-order valence-electron chi connectivity index (χ3n) is 4.23. The van der Waals surface area contributed by atoms with Crippen LogP contribution in [0.15, 0.2) is 22.7 Å². The molecular weight excluding hydrogens is 456 g/mol. The summed E-state index contributed by atoms with van der Waals surface area (Å²) in [4.78, 5) is 2.26. The number of halogens is 6. The Bertz CT molecular complexity index is 529. The first kappa shape index (κ1) is 25.8. The molecule has 26 heavy (non-hydrogen) atoms. The Hall–Kier alpha value is -0.210. The van der Waals surface area contributed by atoms with Crippen LogP contribution in [0.4, 0.5) is 13.2 Å². The molecule has 1 aliphatic rings. The first-order valence-electron chi connectivity index (χ1n) is 8.40. The molecule has 0 aliphatic carbocycles. The Morgan fingerprint density at radius 1 is 1.19 bits per heavy atom. The highest BCUT2D eigenvalue weighted by atomic mass is 79.9. The van der Waals surface area contributed by atoms with Crippen LogP contribution in [0.25, 0.3) is 0 Å².